The van der Waals surface area contributed by atoms with E-state index in [0.717, 1.165) is 11.3 Å². The standard InChI is InChI=1S/C15H16N2O4/c1-8(13-9(2)17-21-10(13)3)16-14(18)11-5-4-6-12(7-11)15(19)20/h4-8H,1-3H3,(H,16,18)(H,19,20). The number of benzene rings is 1. The van der Waals surface area contributed by atoms with Crippen LogP contribution in [-0.4, -0.2) is 22.1 Å². The Labute approximate surface area is 121 Å². The van der Waals surface area contributed by atoms with Crippen LogP contribution in [0.15, 0.2) is 28.8 Å². The van der Waals surface area contributed by atoms with Gasteiger partial charge in [0, 0.05) is 11.1 Å². The second kappa shape index (κ2) is 5.78. The molecule has 0 aliphatic carbocycles. The van der Waals surface area contributed by atoms with E-state index in [0.29, 0.717) is 11.3 Å². The number of rotatable bonds is 4. The van der Waals surface area contributed by atoms with E-state index < -0.39 is 5.97 Å². The minimum atomic E-state index is -1.07. The van der Waals surface area contributed by atoms with Gasteiger partial charge in [-0.2, -0.15) is 0 Å². The summed E-state index contributed by atoms with van der Waals surface area (Å²) < 4.78 is 5.08. The van der Waals surface area contributed by atoms with Crippen molar-refractivity contribution in [2.75, 3.05) is 0 Å². The molecule has 1 unspecified atom stereocenters. The van der Waals surface area contributed by atoms with Gasteiger partial charge in [-0.25, -0.2) is 4.79 Å². The first kappa shape index (κ1) is 14.8. The van der Waals surface area contributed by atoms with Crippen molar-refractivity contribution >= 4 is 11.9 Å². The monoisotopic (exact) mass is 288 g/mol. The molecule has 1 aromatic carbocycles. The van der Waals surface area contributed by atoms with Crippen molar-refractivity contribution in [3.05, 3.63) is 52.4 Å². The number of hydrogen-bond acceptors (Lipinski definition) is 4. The number of carboxylic acids is 1. The van der Waals surface area contributed by atoms with Crippen LogP contribution in [0.5, 0.6) is 0 Å². The lowest BCUT2D eigenvalue weighted by atomic mass is 10.1. The summed E-state index contributed by atoms with van der Waals surface area (Å²) in [6.45, 7) is 5.41. The van der Waals surface area contributed by atoms with E-state index in [4.69, 9.17) is 9.63 Å². The zero-order valence-electron chi connectivity index (χ0n) is 12.0. The highest BCUT2D eigenvalue weighted by Crippen LogP contribution is 2.21. The normalized spacial score (nSPS) is 12.0. The van der Waals surface area contributed by atoms with E-state index >= 15 is 0 Å². The number of carbonyl (C=O) groups is 2. The first-order valence-corrected chi connectivity index (χ1v) is 6.47. The number of carbonyl (C=O) groups excluding carboxylic acids is 1. The smallest absolute Gasteiger partial charge is 0.335 e. The minimum Gasteiger partial charge on any atom is -0.478 e. The van der Waals surface area contributed by atoms with E-state index in [1.165, 1.54) is 12.1 Å². The molecule has 6 nitrogen and oxygen atoms in total. The Morgan fingerprint density at radius 3 is 2.52 bits per heavy atom. The molecule has 0 spiro atoms. The van der Waals surface area contributed by atoms with Crippen LogP contribution in [0.4, 0.5) is 0 Å². The van der Waals surface area contributed by atoms with Gasteiger partial charge in [-0.3, -0.25) is 4.79 Å². The molecule has 0 aliphatic heterocycles. The summed E-state index contributed by atoms with van der Waals surface area (Å²) in [7, 11) is 0. The Kier molecular flexibility index (Phi) is 4.07. The number of amides is 1. The van der Waals surface area contributed by atoms with Gasteiger partial charge < -0.3 is 14.9 Å². The van der Waals surface area contributed by atoms with E-state index in [-0.39, 0.29) is 17.5 Å². The molecule has 1 amide bonds. The van der Waals surface area contributed by atoms with Crippen molar-refractivity contribution in [3.63, 3.8) is 0 Å². The van der Waals surface area contributed by atoms with E-state index in [2.05, 4.69) is 10.5 Å². The van der Waals surface area contributed by atoms with Crippen LogP contribution in [0.3, 0.4) is 0 Å². The summed E-state index contributed by atoms with van der Waals surface area (Å²) in [5.41, 5.74) is 1.93. The van der Waals surface area contributed by atoms with Crippen molar-refractivity contribution in [3.8, 4) is 0 Å². The van der Waals surface area contributed by atoms with Crippen molar-refractivity contribution in [1.29, 1.82) is 0 Å². The maximum atomic E-state index is 12.2. The molecule has 2 aromatic rings. The molecule has 2 N–H and O–H groups in total. The largest absolute Gasteiger partial charge is 0.478 e. The number of carboxylic acid groups (broad SMARTS) is 1. The van der Waals surface area contributed by atoms with Gasteiger partial charge in [-0.05, 0) is 39.0 Å². The fraction of sp³-hybridized carbons (Fsp3) is 0.267. The SMILES string of the molecule is Cc1noc(C)c1C(C)NC(=O)c1cccc(C(=O)O)c1. The average molecular weight is 288 g/mol. The highest BCUT2D eigenvalue weighted by molar-refractivity contribution is 5.97. The highest BCUT2D eigenvalue weighted by Gasteiger charge is 2.19. The molecular formula is C15H16N2O4. The molecule has 110 valence electrons. The molecule has 1 atom stereocenters. The summed E-state index contributed by atoms with van der Waals surface area (Å²) in [4.78, 5) is 23.1. The van der Waals surface area contributed by atoms with Crippen LogP contribution in [-0.2, 0) is 0 Å². The Hall–Kier alpha value is -2.63. The molecule has 0 bridgehead atoms. The lowest BCUT2D eigenvalue weighted by Crippen LogP contribution is -2.27. The second-order valence-electron chi connectivity index (χ2n) is 4.82. The Morgan fingerprint density at radius 2 is 1.95 bits per heavy atom. The number of nitrogens with one attached hydrogen (secondary N) is 1. The van der Waals surface area contributed by atoms with Gasteiger partial charge >= 0.3 is 5.97 Å². The molecule has 0 radical (unpaired) electrons. The quantitative estimate of drug-likeness (QED) is 0.901. The number of aryl methyl sites for hydroxylation is 2. The lowest BCUT2D eigenvalue weighted by Gasteiger charge is -2.14. The van der Waals surface area contributed by atoms with Gasteiger partial charge in [0.1, 0.15) is 5.76 Å². The summed E-state index contributed by atoms with van der Waals surface area (Å²) in [6, 6.07) is 5.62. The third kappa shape index (κ3) is 3.10. The van der Waals surface area contributed by atoms with Crippen LogP contribution < -0.4 is 5.32 Å². The summed E-state index contributed by atoms with van der Waals surface area (Å²) >= 11 is 0. The zero-order chi connectivity index (χ0) is 15.6. The predicted molar refractivity (Wildman–Crippen MR) is 75.3 cm³/mol. The first-order valence-electron chi connectivity index (χ1n) is 6.47. The van der Waals surface area contributed by atoms with Gasteiger partial charge in [0.05, 0.1) is 17.3 Å². The van der Waals surface area contributed by atoms with Crippen molar-refractivity contribution in [1.82, 2.24) is 10.5 Å². The van der Waals surface area contributed by atoms with Crippen molar-refractivity contribution in [2.45, 2.75) is 26.8 Å². The number of nitrogens with zero attached hydrogens (tertiary/aromatic N) is 1. The number of aromatic carboxylic acids is 1. The Balaban J connectivity index is 2.18. The molecule has 1 heterocycles. The van der Waals surface area contributed by atoms with Gasteiger partial charge in [-0.15, -0.1) is 0 Å². The third-order valence-corrected chi connectivity index (χ3v) is 3.24. The summed E-state index contributed by atoms with van der Waals surface area (Å²) in [6.07, 6.45) is 0. The van der Waals surface area contributed by atoms with Crippen LogP contribution in [0.2, 0.25) is 0 Å². The van der Waals surface area contributed by atoms with Crippen LogP contribution >= 0.6 is 0 Å². The van der Waals surface area contributed by atoms with Crippen LogP contribution in [0, 0.1) is 13.8 Å². The summed E-state index contributed by atoms with van der Waals surface area (Å²) in [5.74, 6) is -0.756. The summed E-state index contributed by atoms with van der Waals surface area (Å²) in [5, 5.41) is 15.6. The maximum Gasteiger partial charge on any atom is 0.335 e. The number of aromatic nitrogens is 1. The fourth-order valence-electron chi connectivity index (χ4n) is 2.25. The molecule has 6 heteroatoms. The second-order valence-corrected chi connectivity index (χ2v) is 4.82. The maximum absolute atomic E-state index is 12.2. The average Bonchev–Trinajstić information content (AvgIpc) is 2.78. The number of hydrogen-bond donors (Lipinski definition) is 2. The van der Waals surface area contributed by atoms with Crippen molar-refractivity contribution in [2.24, 2.45) is 0 Å². The topological polar surface area (TPSA) is 92.4 Å². The zero-order valence-corrected chi connectivity index (χ0v) is 12.0. The minimum absolute atomic E-state index is 0.0765. The molecule has 0 saturated carbocycles. The molecule has 1 aromatic heterocycles. The van der Waals surface area contributed by atoms with Gasteiger partial charge in [0.15, 0.2) is 0 Å². The first-order chi connectivity index (χ1) is 9.90. The van der Waals surface area contributed by atoms with Gasteiger partial charge in [0.25, 0.3) is 5.91 Å². The van der Waals surface area contributed by atoms with Crippen LogP contribution in [0.25, 0.3) is 0 Å². The van der Waals surface area contributed by atoms with Gasteiger partial charge in [0.2, 0.25) is 0 Å². The van der Waals surface area contributed by atoms with Crippen molar-refractivity contribution < 1.29 is 19.2 Å². The van der Waals surface area contributed by atoms with E-state index in [1.807, 2.05) is 6.92 Å². The van der Waals surface area contributed by atoms with E-state index in [1.54, 1.807) is 26.0 Å². The van der Waals surface area contributed by atoms with E-state index in [9.17, 15) is 9.59 Å². The Morgan fingerprint density at radius 1 is 1.29 bits per heavy atom. The Bertz CT molecular complexity index is 671. The highest BCUT2D eigenvalue weighted by atomic mass is 16.5. The molecule has 21 heavy (non-hydrogen) atoms. The fourth-order valence-corrected chi connectivity index (χ4v) is 2.25. The molecular weight excluding hydrogens is 272 g/mol. The van der Waals surface area contributed by atoms with Crippen LogP contribution in [0.1, 0.15) is 50.7 Å². The molecule has 0 aliphatic rings. The molecule has 0 saturated heterocycles. The predicted octanol–water partition coefficient (Wildman–Crippen LogP) is 2.48. The molecule has 2 rings (SSSR count). The van der Waals surface area contributed by atoms with Gasteiger partial charge in [-0.1, -0.05) is 11.2 Å². The third-order valence-electron chi connectivity index (χ3n) is 3.24. The molecule has 0 fully saturated rings. The lowest BCUT2D eigenvalue weighted by molar-refractivity contribution is 0.0697.